The van der Waals surface area contributed by atoms with E-state index < -0.39 is 23.7 Å². The predicted molar refractivity (Wildman–Crippen MR) is 88.5 cm³/mol. The van der Waals surface area contributed by atoms with Crippen molar-refractivity contribution in [2.75, 3.05) is 4.90 Å². The molecule has 2 aliphatic heterocycles. The topological polar surface area (TPSA) is 66.8 Å². The zero-order chi connectivity index (χ0) is 17.7. The van der Waals surface area contributed by atoms with Crippen molar-refractivity contribution >= 4 is 29.2 Å². The van der Waals surface area contributed by atoms with Crippen LogP contribution in [0.2, 0.25) is 5.02 Å². The molecular weight excluding hydrogens is 349 g/mol. The van der Waals surface area contributed by atoms with Crippen LogP contribution < -0.4 is 9.64 Å². The lowest BCUT2D eigenvalue weighted by Gasteiger charge is -2.38. The van der Waals surface area contributed by atoms with E-state index in [-0.39, 0.29) is 30.2 Å². The zero-order valence-corrected chi connectivity index (χ0v) is 13.7. The monoisotopic (exact) mass is 361 g/mol. The van der Waals surface area contributed by atoms with Crippen molar-refractivity contribution in [2.24, 2.45) is 5.92 Å². The molecule has 0 unspecified atom stereocenters. The van der Waals surface area contributed by atoms with E-state index in [0.717, 1.165) is 0 Å². The van der Waals surface area contributed by atoms with Gasteiger partial charge in [-0.25, -0.2) is 4.39 Å². The minimum atomic E-state index is -1.04. The van der Waals surface area contributed by atoms with Gasteiger partial charge in [0.2, 0.25) is 5.91 Å². The number of benzene rings is 2. The first-order chi connectivity index (χ1) is 12.0. The Labute approximate surface area is 147 Å². The normalized spacial score (nSPS) is 21.5. The number of para-hydroxylation sites is 1. The third-order valence-corrected chi connectivity index (χ3v) is 4.86. The molecule has 0 spiro atoms. The van der Waals surface area contributed by atoms with Gasteiger partial charge in [-0.05, 0) is 30.7 Å². The van der Waals surface area contributed by atoms with Crippen LogP contribution in [-0.4, -0.2) is 17.0 Å². The summed E-state index contributed by atoms with van der Waals surface area (Å²) in [7, 11) is 0. The van der Waals surface area contributed by atoms with Crippen molar-refractivity contribution in [3.8, 4) is 11.5 Å². The number of fused-ring (bicyclic) bond motifs is 5. The van der Waals surface area contributed by atoms with E-state index in [0.29, 0.717) is 16.3 Å². The molecule has 0 aromatic heterocycles. The Bertz CT molecular complexity index is 901. The summed E-state index contributed by atoms with van der Waals surface area (Å²) in [4.78, 5) is 25.8. The molecule has 128 valence electrons. The summed E-state index contributed by atoms with van der Waals surface area (Å²) in [5.41, 5.74) is 0.692. The molecule has 0 saturated carbocycles. The largest absolute Gasteiger partial charge is 0.481 e. The van der Waals surface area contributed by atoms with Crippen LogP contribution in [0.4, 0.5) is 10.1 Å². The summed E-state index contributed by atoms with van der Waals surface area (Å²) in [6, 6.07) is 8.12. The first kappa shape index (κ1) is 15.9. The number of anilines is 1. The number of hydrogen-bond donors (Lipinski definition) is 1. The molecule has 1 amide bonds. The van der Waals surface area contributed by atoms with Crippen molar-refractivity contribution in [1.29, 1.82) is 0 Å². The van der Waals surface area contributed by atoms with Crippen LogP contribution in [0.3, 0.4) is 0 Å². The number of ether oxygens (including phenoxy) is 1. The number of nitrogens with zero attached hydrogens (tertiary/aromatic N) is 1. The van der Waals surface area contributed by atoms with Crippen molar-refractivity contribution in [2.45, 2.75) is 18.9 Å². The first-order valence-corrected chi connectivity index (χ1v) is 8.16. The summed E-state index contributed by atoms with van der Waals surface area (Å²) >= 11 is 6.07. The lowest BCUT2D eigenvalue weighted by Crippen LogP contribution is -2.45. The Morgan fingerprint density at radius 1 is 1.32 bits per heavy atom. The van der Waals surface area contributed by atoms with E-state index in [9.17, 15) is 19.1 Å². The number of carbonyl (C=O) groups is 2. The first-order valence-electron chi connectivity index (χ1n) is 7.78. The van der Waals surface area contributed by atoms with E-state index in [1.165, 1.54) is 23.1 Å². The third-order valence-electron chi connectivity index (χ3n) is 4.62. The number of aliphatic carboxylic acids is 1. The minimum absolute atomic E-state index is 0.0560. The molecule has 7 heteroatoms. The number of amides is 1. The summed E-state index contributed by atoms with van der Waals surface area (Å²) < 4.78 is 20.1. The van der Waals surface area contributed by atoms with Crippen LogP contribution in [0.15, 0.2) is 36.4 Å². The van der Waals surface area contributed by atoms with Gasteiger partial charge in [0.25, 0.3) is 0 Å². The maximum Gasteiger partial charge on any atom is 0.308 e. The van der Waals surface area contributed by atoms with Gasteiger partial charge in [-0.1, -0.05) is 23.7 Å². The van der Waals surface area contributed by atoms with Gasteiger partial charge in [-0.15, -0.1) is 0 Å². The number of piperidine rings is 1. The van der Waals surface area contributed by atoms with Crippen LogP contribution >= 0.6 is 11.6 Å². The van der Waals surface area contributed by atoms with Crippen LogP contribution in [0.5, 0.6) is 11.5 Å². The van der Waals surface area contributed by atoms with Crippen LogP contribution in [0.25, 0.3) is 0 Å². The van der Waals surface area contributed by atoms with Gasteiger partial charge in [-0.3, -0.25) is 9.59 Å². The molecule has 2 aliphatic rings. The highest BCUT2D eigenvalue weighted by Crippen LogP contribution is 2.51. The molecule has 2 aromatic rings. The highest BCUT2D eigenvalue weighted by molar-refractivity contribution is 6.31. The van der Waals surface area contributed by atoms with Crippen LogP contribution in [0, 0.1) is 11.7 Å². The Kier molecular flexibility index (Phi) is 3.65. The van der Waals surface area contributed by atoms with Crippen molar-refractivity contribution in [3.05, 3.63) is 52.8 Å². The molecule has 0 radical (unpaired) electrons. The van der Waals surface area contributed by atoms with Gasteiger partial charge >= 0.3 is 5.97 Å². The fourth-order valence-corrected chi connectivity index (χ4v) is 3.70. The lowest BCUT2D eigenvalue weighted by molar-refractivity contribution is -0.144. The average Bonchev–Trinajstić information content (AvgIpc) is 2.71. The number of rotatable bonds is 1. The Morgan fingerprint density at radius 2 is 2.12 bits per heavy atom. The van der Waals surface area contributed by atoms with E-state index in [2.05, 4.69) is 0 Å². The number of carboxylic acids is 1. The van der Waals surface area contributed by atoms with Crippen LogP contribution in [0.1, 0.15) is 24.4 Å². The maximum absolute atomic E-state index is 14.4. The van der Waals surface area contributed by atoms with Gasteiger partial charge in [0, 0.05) is 17.0 Å². The standard InChI is InChI=1S/C18H13ClFNO4/c19-9-4-6-14-13(8-9)21-15(22)7-5-11(18(23)24)16(21)10-2-1-3-12(20)17(10)25-14/h1-4,6,8,11,16H,5,7H2,(H,23,24)/t11-,16-/m1/s1. The molecule has 2 heterocycles. The highest BCUT2D eigenvalue weighted by Gasteiger charge is 2.45. The average molecular weight is 362 g/mol. The highest BCUT2D eigenvalue weighted by atomic mass is 35.5. The maximum atomic E-state index is 14.4. The van der Waals surface area contributed by atoms with Crippen molar-refractivity contribution in [1.82, 2.24) is 0 Å². The molecular formula is C18H13ClFNO4. The number of halogens is 2. The second kappa shape index (κ2) is 5.74. The van der Waals surface area contributed by atoms with E-state index in [1.54, 1.807) is 18.2 Å². The molecule has 5 nitrogen and oxygen atoms in total. The lowest BCUT2D eigenvalue weighted by atomic mass is 9.83. The van der Waals surface area contributed by atoms with Gasteiger partial charge < -0.3 is 14.7 Å². The van der Waals surface area contributed by atoms with E-state index in [4.69, 9.17) is 16.3 Å². The molecule has 1 saturated heterocycles. The summed E-state index contributed by atoms with van der Waals surface area (Å²) in [6.07, 6.45) is 0.269. The smallest absolute Gasteiger partial charge is 0.308 e. The summed E-state index contributed by atoms with van der Waals surface area (Å²) in [5, 5.41) is 10.0. The van der Waals surface area contributed by atoms with Crippen molar-refractivity contribution in [3.63, 3.8) is 0 Å². The summed E-state index contributed by atoms with van der Waals surface area (Å²) in [5.74, 6) is -2.55. The third kappa shape index (κ3) is 2.44. The predicted octanol–water partition coefficient (Wildman–Crippen LogP) is 4.15. The van der Waals surface area contributed by atoms with Gasteiger partial charge in [0.15, 0.2) is 17.3 Å². The number of carboxylic acid groups (broad SMARTS) is 1. The second-order valence-corrected chi connectivity index (χ2v) is 6.50. The molecule has 0 aliphatic carbocycles. The Balaban J connectivity index is 2.03. The second-order valence-electron chi connectivity index (χ2n) is 6.06. The zero-order valence-electron chi connectivity index (χ0n) is 12.9. The SMILES string of the molecule is O=C(O)[C@@H]1CCC(=O)N2c3cc(Cl)ccc3Oc3c(F)cccc3[C@H]12. The fourth-order valence-electron chi connectivity index (χ4n) is 3.53. The quantitative estimate of drug-likeness (QED) is 0.828. The minimum Gasteiger partial charge on any atom is -0.481 e. The van der Waals surface area contributed by atoms with Crippen molar-refractivity contribution < 1.29 is 23.8 Å². The molecule has 1 fully saturated rings. The molecule has 0 bridgehead atoms. The Morgan fingerprint density at radius 3 is 2.88 bits per heavy atom. The number of carbonyl (C=O) groups excluding carboxylic acids is 1. The molecule has 2 atom stereocenters. The fraction of sp³-hybridized carbons (Fsp3) is 0.222. The molecule has 25 heavy (non-hydrogen) atoms. The summed E-state index contributed by atoms with van der Waals surface area (Å²) in [6.45, 7) is 0. The van der Waals surface area contributed by atoms with E-state index in [1.807, 2.05) is 0 Å². The molecule has 2 aromatic carbocycles. The van der Waals surface area contributed by atoms with Gasteiger partial charge in [-0.2, -0.15) is 0 Å². The van der Waals surface area contributed by atoms with E-state index >= 15 is 0 Å². The molecule has 1 N–H and O–H groups in total. The van der Waals surface area contributed by atoms with Gasteiger partial charge in [0.1, 0.15) is 0 Å². The van der Waals surface area contributed by atoms with Gasteiger partial charge in [0.05, 0.1) is 17.6 Å². The molecule has 4 rings (SSSR count). The van der Waals surface area contributed by atoms with Crippen LogP contribution in [-0.2, 0) is 9.59 Å². The number of hydrogen-bond acceptors (Lipinski definition) is 3. The Hall–Kier alpha value is -2.60.